The van der Waals surface area contributed by atoms with Crippen LogP contribution in [0.5, 0.6) is 5.75 Å². The van der Waals surface area contributed by atoms with Gasteiger partial charge < -0.3 is 15.8 Å². The van der Waals surface area contributed by atoms with Crippen LogP contribution < -0.4 is 15.8 Å². The molecule has 2 unspecified atom stereocenters. The number of nitrogens with two attached hydrogens (primary N) is 1. The van der Waals surface area contributed by atoms with Crippen molar-refractivity contribution in [3.8, 4) is 5.75 Å². The summed E-state index contributed by atoms with van der Waals surface area (Å²) in [7, 11) is 0. The first-order valence-corrected chi connectivity index (χ1v) is 7.42. The van der Waals surface area contributed by atoms with Gasteiger partial charge in [0, 0.05) is 6.04 Å². The molecule has 1 amide bonds. The Balaban J connectivity index is 1.94. The van der Waals surface area contributed by atoms with E-state index in [0.717, 1.165) is 17.4 Å². The van der Waals surface area contributed by atoms with Gasteiger partial charge in [-0.15, -0.1) is 0 Å². The van der Waals surface area contributed by atoms with Crippen LogP contribution in [0.3, 0.4) is 0 Å². The van der Waals surface area contributed by atoms with Gasteiger partial charge >= 0.3 is 0 Å². The maximum absolute atomic E-state index is 10.8. The number of anilines is 1. The van der Waals surface area contributed by atoms with Gasteiger partial charge in [0.1, 0.15) is 5.75 Å². The highest BCUT2D eigenvalue weighted by molar-refractivity contribution is 5.73. The van der Waals surface area contributed by atoms with Crippen molar-refractivity contribution in [2.45, 2.75) is 45.1 Å². The second-order valence-electron chi connectivity index (χ2n) is 5.67. The van der Waals surface area contributed by atoms with Crippen LogP contribution in [0.25, 0.3) is 0 Å². The van der Waals surface area contributed by atoms with E-state index in [9.17, 15) is 4.79 Å². The van der Waals surface area contributed by atoms with E-state index in [0.29, 0.717) is 12.6 Å². The zero-order chi connectivity index (χ0) is 14.4. The number of hydrogen-bond donors (Lipinski definition) is 2. The summed E-state index contributed by atoms with van der Waals surface area (Å²) in [6, 6.07) is 8.40. The molecule has 0 aliphatic heterocycles. The van der Waals surface area contributed by atoms with Crippen LogP contribution in [0, 0.1) is 5.92 Å². The number of benzene rings is 1. The predicted octanol–water partition coefficient (Wildman–Crippen LogP) is 2.93. The Morgan fingerprint density at radius 3 is 2.95 bits per heavy atom. The molecule has 2 atom stereocenters. The maximum atomic E-state index is 10.8. The molecule has 1 aromatic rings. The molecule has 2 rings (SSSR count). The second-order valence-corrected chi connectivity index (χ2v) is 5.67. The molecule has 1 aliphatic carbocycles. The first-order chi connectivity index (χ1) is 9.65. The van der Waals surface area contributed by atoms with Crippen molar-refractivity contribution >= 4 is 11.6 Å². The summed E-state index contributed by atoms with van der Waals surface area (Å²) in [6.45, 7) is 2.64. The van der Waals surface area contributed by atoms with Crippen molar-refractivity contribution < 1.29 is 9.53 Å². The fourth-order valence-electron chi connectivity index (χ4n) is 2.76. The van der Waals surface area contributed by atoms with E-state index in [2.05, 4.69) is 12.2 Å². The first kappa shape index (κ1) is 14.7. The monoisotopic (exact) mass is 276 g/mol. The summed E-state index contributed by atoms with van der Waals surface area (Å²) in [4.78, 5) is 10.8. The topological polar surface area (TPSA) is 64.3 Å². The molecule has 4 nitrogen and oxygen atoms in total. The van der Waals surface area contributed by atoms with E-state index >= 15 is 0 Å². The number of nitrogens with one attached hydrogen (secondary N) is 1. The second kappa shape index (κ2) is 7.17. The number of ether oxygens (including phenoxy) is 1. The van der Waals surface area contributed by atoms with Gasteiger partial charge in [-0.25, -0.2) is 0 Å². The Hall–Kier alpha value is -1.71. The molecule has 110 valence electrons. The summed E-state index contributed by atoms with van der Waals surface area (Å²) in [6.07, 6.45) is 5.27. The third-order valence-corrected chi connectivity index (χ3v) is 3.79. The summed E-state index contributed by atoms with van der Waals surface area (Å²) < 4.78 is 5.65. The van der Waals surface area contributed by atoms with E-state index < -0.39 is 0 Å². The standard InChI is InChI=1S/C16H24N2O2/c1-12-5-4-6-13(11-12)18-14-7-2-3-8-15(14)20-10-9-16(17)19/h2-3,7-8,12-13,18H,4-6,9-11H2,1H3,(H2,17,19). The van der Waals surface area contributed by atoms with Crippen molar-refractivity contribution in [1.29, 1.82) is 0 Å². The normalized spacial score (nSPS) is 22.2. The molecule has 1 saturated carbocycles. The molecule has 1 aromatic carbocycles. The van der Waals surface area contributed by atoms with Crippen LogP contribution in [0.1, 0.15) is 39.0 Å². The molecular weight excluding hydrogens is 252 g/mol. The van der Waals surface area contributed by atoms with E-state index in [-0.39, 0.29) is 12.3 Å². The van der Waals surface area contributed by atoms with Crippen LogP contribution in [0.4, 0.5) is 5.69 Å². The highest BCUT2D eigenvalue weighted by Gasteiger charge is 2.19. The average Bonchev–Trinajstić information content (AvgIpc) is 2.40. The summed E-state index contributed by atoms with van der Waals surface area (Å²) in [5, 5.41) is 3.58. The lowest BCUT2D eigenvalue weighted by molar-refractivity contribution is -0.118. The predicted molar refractivity (Wildman–Crippen MR) is 80.8 cm³/mol. The lowest BCUT2D eigenvalue weighted by Gasteiger charge is -2.29. The molecule has 0 saturated heterocycles. The number of carbonyl (C=O) groups excluding carboxylic acids is 1. The average molecular weight is 276 g/mol. The fraction of sp³-hybridized carbons (Fsp3) is 0.562. The van der Waals surface area contributed by atoms with Crippen LogP contribution in [-0.4, -0.2) is 18.6 Å². The van der Waals surface area contributed by atoms with E-state index in [1.54, 1.807) is 0 Å². The van der Waals surface area contributed by atoms with Gasteiger partial charge in [0.15, 0.2) is 0 Å². The largest absolute Gasteiger partial charge is 0.491 e. The van der Waals surface area contributed by atoms with Crippen molar-refractivity contribution in [1.82, 2.24) is 0 Å². The Morgan fingerprint density at radius 2 is 2.20 bits per heavy atom. The fourth-order valence-corrected chi connectivity index (χ4v) is 2.76. The van der Waals surface area contributed by atoms with Crippen molar-refractivity contribution in [3.63, 3.8) is 0 Å². The highest BCUT2D eigenvalue weighted by atomic mass is 16.5. The molecule has 0 spiro atoms. The third-order valence-electron chi connectivity index (χ3n) is 3.79. The molecule has 4 heteroatoms. The number of para-hydroxylation sites is 2. The minimum absolute atomic E-state index is 0.245. The lowest BCUT2D eigenvalue weighted by atomic mass is 9.87. The van der Waals surface area contributed by atoms with Gasteiger partial charge in [0.2, 0.25) is 5.91 Å². The molecular formula is C16H24N2O2. The molecule has 0 bridgehead atoms. The summed E-state index contributed by atoms with van der Waals surface area (Å²) in [5.41, 5.74) is 6.14. The van der Waals surface area contributed by atoms with Crippen LogP contribution in [-0.2, 0) is 4.79 Å². The smallest absolute Gasteiger partial charge is 0.220 e. The molecule has 0 aromatic heterocycles. The first-order valence-electron chi connectivity index (χ1n) is 7.42. The number of rotatable bonds is 6. The zero-order valence-electron chi connectivity index (χ0n) is 12.1. The number of carbonyl (C=O) groups is 1. The van der Waals surface area contributed by atoms with Crippen LogP contribution in [0.15, 0.2) is 24.3 Å². The molecule has 3 N–H and O–H groups in total. The number of amides is 1. The van der Waals surface area contributed by atoms with Gasteiger partial charge in [-0.2, -0.15) is 0 Å². The maximum Gasteiger partial charge on any atom is 0.220 e. The molecule has 1 fully saturated rings. The minimum atomic E-state index is -0.337. The van der Waals surface area contributed by atoms with Crippen molar-refractivity contribution in [3.05, 3.63) is 24.3 Å². The Morgan fingerprint density at radius 1 is 1.40 bits per heavy atom. The van der Waals surface area contributed by atoms with E-state index in [1.165, 1.54) is 25.7 Å². The Kier molecular flexibility index (Phi) is 5.27. The van der Waals surface area contributed by atoms with Gasteiger partial charge in [0.05, 0.1) is 18.7 Å². The van der Waals surface area contributed by atoms with Gasteiger partial charge in [-0.3, -0.25) is 4.79 Å². The summed E-state index contributed by atoms with van der Waals surface area (Å²) in [5.74, 6) is 1.24. The number of primary amides is 1. The molecule has 0 radical (unpaired) electrons. The summed E-state index contributed by atoms with van der Waals surface area (Å²) >= 11 is 0. The Labute approximate surface area is 120 Å². The van der Waals surface area contributed by atoms with Gasteiger partial charge in [-0.1, -0.05) is 31.9 Å². The molecule has 20 heavy (non-hydrogen) atoms. The SMILES string of the molecule is CC1CCCC(Nc2ccccc2OCCC(N)=O)C1. The molecule has 1 aliphatic rings. The van der Waals surface area contributed by atoms with Gasteiger partial charge in [0.25, 0.3) is 0 Å². The zero-order valence-corrected chi connectivity index (χ0v) is 12.1. The van der Waals surface area contributed by atoms with Crippen molar-refractivity contribution in [2.75, 3.05) is 11.9 Å². The van der Waals surface area contributed by atoms with Crippen LogP contribution >= 0.6 is 0 Å². The minimum Gasteiger partial charge on any atom is -0.491 e. The van der Waals surface area contributed by atoms with Crippen LogP contribution in [0.2, 0.25) is 0 Å². The van der Waals surface area contributed by atoms with Gasteiger partial charge in [-0.05, 0) is 30.9 Å². The van der Waals surface area contributed by atoms with E-state index in [4.69, 9.17) is 10.5 Å². The van der Waals surface area contributed by atoms with E-state index in [1.807, 2.05) is 24.3 Å². The Bertz CT molecular complexity index is 448. The lowest BCUT2D eigenvalue weighted by Crippen LogP contribution is -2.26. The number of hydrogen-bond acceptors (Lipinski definition) is 3. The quantitative estimate of drug-likeness (QED) is 0.839. The molecule has 0 heterocycles. The highest BCUT2D eigenvalue weighted by Crippen LogP contribution is 2.30. The van der Waals surface area contributed by atoms with Crippen molar-refractivity contribution in [2.24, 2.45) is 11.7 Å². The third kappa shape index (κ3) is 4.44.